The second-order valence-corrected chi connectivity index (χ2v) is 13.8. The van der Waals surface area contributed by atoms with E-state index in [1.54, 1.807) is 0 Å². The second-order valence-electron chi connectivity index (χ2n) is 13.8. The number of benzene rings is 8. The Balaban J connectivity index is 1.38. The number of nitrogens with zero attached hydrogens (tertiary/aromatic N) is 3. The van der Waals surface area contributed by atoms with Gasteiger partial charge in [0.1, 0.15) is 0 Å². The van der Waals surface area contributed by atoms with Gasteiger partial charge in [-0.1, -0.05) is 127 Å². The molecule has 0 aliphatic heterocycles. The highest BCUT2D eigenvalue weighted by atomic mass is 15.0. The van der Waals surface area contributed by atoms with E-state index in [-0.39, 0.29) is 0 Å². The lowest BCUT2D eigenvalue weighted by molar-refractivity contribution is 1.01. The van der Waals surface area contributed by atoms with Crippen LogP contribution in [0.5, 0.6) is 0 Å². The quantitative estimate of drug-likeness (QED) is 0.177. The summed E-state index contributed by atoms with van der Waals surface area (Å²) in [5, 5.41) is 12.3. The SMILES string of the molecule is c1ccc(-n2ccn(-c3ccccc3)c3cc4c5cc(-n6c7ccccc7c7ccccc76)ccc5c5ccccc5c5ccccc5c4cc32)cc1. The predicted octanol–water partition coefficient (Wildman–Crippen LogP) is 13.3. The third kappa shape index (κ3) is 4.54. The summed E-state index contributed by atoms with van der Waals surface area (Å²) in [5.74, 6) is 0. The molecule has 11 aromatic rings. The van der Waals surface area contributed by atoms with Crippen molar-refractivity contribution in [2.24, 2.45) is 0 Å². The first-order valence-corrected chi connectivity index (χ1v) is 18.2. The van der Waals surface area contributed by atoms with Crippen molar-refractivity contribution in [1.29, 1.82) is 0 Å². The van der Waals surface area contributed by atoms with Crippen molar-refractivity contribution in [2.45, 2.75) is 0 Å². The lowest BCUT2D eigenvalue weighted by Gasteiger charge is -2.19. The third-order valence-electron chi connectivity index (χ3n) is 10.9. The van der Waals surface area contributed by atoms with Crippen LogP contribution in [0.15, 0.2) is 200 Å². The fraction of sp³-hybridized carbons (Fsp3) is 0. The molecule has 0 radical (unpaired) electrons. The summed E-state index contributed by atoms with van der Waals surface area (Å²) in [7, 11) is 0. The van der Waals surface area contributed by atoms with Crippen LogP contribution >= 0.6 is 0 Å². The minimum absolute atomic E-state index is 1.12. The molecule has 2 heterocycles. The third-order valence-corrected chi connectivity index (χ3v) is 10.9. The number of fused-ring (bicyclic) bond motifs is 12. The van der Waals surface area contributed by atoms with E-state index in [4.69, 9.17) is 0 Å². The highest BCUT2D eigenvalue weighted by Crippen LogP contribution is 2.40. The van der Waals surface area contributed by atoms with Gasteiger partial charge in [0.2, 0.25) is 0 Å². The molecule has 53 heavy (non-hydrogen) atoms. The van der Waals surface area contributed by atoms with Gasteiger partial charge in [0, 0.05) is 40.2 Å². The topological polar surface area (TPSA) is 14.8 Å². The van der Waals surface area contributed by atoms with Crippen molar-refractivity contribution in [3.05, 3.63) is 200 Å². The number of aromatic nitrogens is 3. The largest absolute Gasteiger partial charge is 0.314 e. The molecule has 0 aliphatic carbocycles. The zero-order valence-corrected chi connectivity index (χ0v) is 28.9. The van der Waals surface area contributed by atoms with E-state index < -0.39 is 0 Å². The second kappa shape index (κ2) is 11.7. The number of hydrogen-bond donors (Lipinski definition) is 0. The van der Waals surface area contributed by atoms with E-state index >= 15 is 0 Å². The van der Waals surface area contributed by atoms with Crippen LogP contribution in [0.2, 0.25) is 0 Å². The molecule has 2 aromatic heterocycles. The van der Waals surface area contributed by atoms with E-state index in [1.807, 2.05) is 0 Å². The van der Waals surface area contributed by atoms with Crippen LogP contribution < -0.4 is 0 Å². The molecular weight excluding hydrogens is 643 g/mol. The monoisotopic (exact) mass is 675 g/mol. The molecular formula is C50H33N3. The molecule has 0 fully saturated rings. The lowest BCUT2D eigenvalue weighted by atomic mass is 9.93. The fourth-order valence-corrected chi connectivity index (χ4v) is 8.57. The average molecular weight is 676 g/mol. The number of hydrogen-bond acceptors (Lipinski definition) is 0. The van der Waals surface area contributed by atoms with Crippen molar-refractivity contribution < 1.29 is 0 Å². The van der Waals surface area contributed by atoms with Crippen LogP contribution in [0.1, 0.15) is 0 Å². The van der Waals surface area contributed by atoms with E-state index in [1.165, 1.54) is 64.9 Å². The average Bonchev–Trinajstić information content (AvgIpc) is 3.57. The molecule has 0 N–H and O–H groups in total. The summed E-state index contributed by atoms with van der Waals surface area (Å²) in [6, 6.07) is 68.6. The van der Waals surface area contributed by atoms with Crippen LogP contribution in [0.3, 0.4) is 0 Å². The summed E-state index contributed by atoms with van der Waals surface area (Å²) in [5.41, 5.74) is 8.04. The molecule has 0 spiro atoms. The standard InChI is InChI=1S/C50H33N3/c1-3-15-34(16-4-1)51-29-30-52(35-17-5-2-6-18-35)50-33-46-44-31-36(53-47-25-13-11-23-42(47)43-24-12-14-26-48(43)53)27-28-41(44)39-21-8-7-19-37(39)38-20-9-10-22-40(38)45(46)32-49(50)51/h1-33H. The van der Waals surface area contributed by atoms with Gasteiger partial charge < -0.3 is 13.7 Å². The Bertz CT molecular complexity index is 3220. The molecule has 0 bridgehead atoms. The molecule has 3 nitrogen and oxygen atoms in total. The summed E-state index contributed by atoms with van der Waals surface area (Å²) in [6.45, 7) is 0. The van der Waals surface area contributed by atoms with E-state index in [0.717, 1.165) is 28.1 Å². The first kappa shape index (κ1) is 29.6. The van der Waals surface area contributed by atoms with Gasteiger partial charge in [0.15, 0.2) is 0 Å². The van der Waals surface area contributed by atoms with Crippen LogP contribution in [0.25, 0.3) is 93.0 Å². The fourth-order valence-electron chi connectivity index (χ4n) is 8.57. The summed E-state index contributed by atoms with van der Waals surface area (Å²) in [6.07, 6.45) is 4.38. The molecule has 11 rings (SSSR count). The first-order valence-electron chi connectivity index (χ1n) is 18.2. The van der Waals surface area contributed by atoms with Gasteiger partial charge in [-0.15, -0.1) is 0 Å². The number of para-hydroxylation sites is 4. The van der Waals surface area contributed by atoms with Crippen molar-refractivity contribution in [3.8, 4) is 17.1 Å². The van der Waals surface area contributed by atoms with Crippen molar-refractivity contribution in [2.75, 3.05) is 0 Å². The highest BCUT2D eigenvalue weighted by Gasteiger charge is 2.16. The van der Waals surface area contributed by atoms with E-state index in [0.29, 0.717) is 0 Å². The van der Waals surface area contributed by atoms with Crippen LogP contribution in [-0.2, 0) is 0 Å². The summed E-state index contributed by atoms with van der Waals surface area (Å²) >= 11 is 0. The molecule has 0 unspecified atom stereocenters. The highest BCUT2D eigenvalue weighted by molar-refractivity contribution is 6.27. The smallest absolute Gasteiger partial charge is 0.0703 e. The molecule has 248 valence electrons. The van der Waals surface area contributed by atoms with Crippen LogP contribution in [0, 0.1) is 0 Å². The van der Waals surface area contributed by atoms with Gasteiger partial charge in [0.05, 0.1) is 22.1 Å². The minimum atomic E-state index is 1.12. The zero-order chi connectivity index (χ0) is 34.9. The molecule has 9 aromatic carbocycles. The molecule has 0 saturated carbocycles. The van der Waals surface area contributed by atoms with Gasteiger partial charge >= 0.3 is 0 Å². The Kier molecular flexibility index (Phi) is 6.55. The van der Waals surface area contributed by atoms with E-state index in [9.17, 15) is 0 Å². The Hall–Kier alpha value is -7.10. The zero-order valence-electron chi connectivity index (χ0n) is 28.9. The van der Waals surface area contributed by atoms with Gasteiger partial charge in [-0.2, -0.15) is 0 Å². The number of rotatable bonds is 3. The minimum Gasteiger partial charge on any atom is -0.314 e. The van der Waals surface area contributed by atoms with Crippen LogP contribution in [-0.4, -0.2) is 13.7 Å². The normalized spacial score (nSPS) is 11.8. The Morgan fingerprint density at radius 3 is 1.08 bits per heavy atom. The Morgan fingerprint density at radius 2 is 0.585 bits per heavy atom. The van der Waals surface area contributed by atoms with Gasteiger partial charge in [-0.25, -0.2) is 0 Å². The van der Waals surface area contributed by atoms with Crippen LogP contribution in [0.4, 0.5) is 0 Å². The molecule has 3 heteroatoms. The molecule has 0 saturated heterocycles. The molecule has 0 atom stereocenters. The molecule has 0 amide bonds. The van der Waals surface area contributed by atoms with Gasteiger partial charge in [-0.05, 0) is 104 Å². The van der Waals surface area contributed by atoms with Crippen molar-refractivity contribution >= 4 is 75.9 Å². The first-order chi connectivity index (χ1) is 26.3. The van der Waals surface area contributed by atoms with Gasteiger partial charge in [0.25, 0.3) is 0 Å². The summed E-state index contributed by atoms with van der Waals surface area (Å²) in [4.78, 5) is 0. The molecule has 0 aliphatic rings. The van der Waals surface area contributed by atoms with E-state index in [2.05, 4.69) is 214 Å². The summed E-state index contributed by atoms with van der Waals surface area (Å²) < 4.78 is 7.07. The predicted molar refractivity (Wildman–Crippen MR) is 225 cm³/mol. The van der Waals surface area contributed by atoms with Crippen molar-refractivity contribution in [1.82, 2.24) is 13.7 Å². The maximum absolute atomic E-state index is 2.43. The Labute approximate surface area is 306 Å². The van der Waals surface area contributed by atoms with Crippen molar-refractivity contribution in [3.63, 3.8) is 0 Å². The lowest BCUT2D eigenvalue weighted by Crippen LogP contribution is -2.04. The maximum atomic E-state index is 2.43. The Morgan fingerprint density at radius 1 is 0.226 bits per heavy atom. The maximum Gasteiger partial charge on any atom is 0.0703 e. The van der Waals surface area contributed by atoms with Gasteiger partial charge in [-0.3, -0.25) is 0 Å².